The third-order valence-corrected chi connectivity index (χ3v) is 5.50. The molecule has 2 aromatic carbocycles. The fraction of sp³-hybridized carbons (Fsp3) is 0.304. The van der Waals surface area contributed by atoms with Gasteiger partial charge >= 0.3 is 0 Å². The number of nitrogens with zero attached hydrogens (tertiary/aromatic N) is 2. The molecule has 0 spiro atoms. The Hall–Kier alpha value is -3.33. The number of hydrogen-bond donors (Lipinski definition) is 0. The summed E-state index contributed by atoms with van der Waals surface area (Å²) < 4.78 is 54.0. The van der Waals surface area contributed by atoms with Gasteiger partial charge in [0.1, 0.15) is 18.3 Å². The standard InChI is InChI=1S/C23H21F3N2O4/c1-31-22-17(25)11-15-20(19(22)26)27(8-7-24)12-16(21(15)29)23(30)28-9-10-32-18(13-28)14-5-3-2-4-6-14/h2-6,11-12,18H,7-10,13H2,1H3/t18-/m0/s1. The highest BCUT2D eigenvalue weighted by molar-refractivity contribution is 5.97. The van der Waals surface area contributed by atoms with E-state index in [-0.39, 0.29) is 48.8 Å². The molecule has 0 saturated carbocycles. The van der Waals surface area contributed by atoms with Crippen molar-refractivity contribution in [2.45, 2.75) is 12.6 Å². The number of amides is 1. The van der Waals surface area contributed by atoms with Gasteiger partial charge < -0.3 is 18.9 Å². The van der Waals surface area contributed by atoms with Gasteiger partial charge in [0.05, 0.1) is 37.7 Å². The summed E-state index contributed by atoms with van der Waals surface area (Å²) in [4.78, 5) is 27.8. The first-order chi connectivity index (χ1) is 15.5. The zero-order valence-electron chi connectivity index (χ0n) is 17.3. The first-order valence-electron chi connectivity index (χ1n) is 10.1. The lowest BCUT2D eigenvalue weighted by Gasteiger charge is -2.33. The summed E-state index contributed by atoms with van der Waals surface area (Å²) in [6.45, 7) is -0.488. The number of aromatic nitrogens is 1. The van der Waals surface area contributed by atoms with E-state index in [4.69, 9.17) is 9.47 Å². The smallest absolute Gasteiger partial charge is 0.259 e. The molecule has 0 bridgehead atoms. The van der Waals surface area contributed by atoms with Gasteiger partial charge in [0.2, 0.25) is 5.43 Å². The predicted octanol–water partition coefficient (Wildman–Crippen LogP) is 3.47. The molecular formula is C23H21F3N2O4. The van der Waals surface area contributed by atoms with Crippen LogP contribution in [0.2, 0.25) is 0 Å². The van der Waals surface area contributed by atoms with Crippen LogP contribution in [-0.2, 0) is 11.3 Å². The second-order valence-corrected chi connectivity index (χ2v) is 7.38. The lowest BCUT2D eigenvalue weighted by molar-refractivity contribution is -0.0228. The highest BCUT2D eigenvalue weighted by Gasteiger charge is 2.29. The zero-order chi connectivity index (χ0) is 22.8. The van der Waals surface area contributed by atoms with Gasteiger partial charge in [0, 0.05) is 12.7 Å². The van der Waals surface area contributed by atoms with E-state index in [0.717, 1.165) is 29.5 Å². The minimum Gasteiger partial charge on any atom is -0.491 e. The zero-order valence-corrected chi connectivity index (χ0v) is 17.3. The molecule has 0 unspecified atom stereocenters. The van der Waals surface area contributed by atoms with Crippen molar-refractivity contribution in [3.05, 3.63) is 75.6 Å². The Kier molecular flexibility index (Phi) is 6.18. The monoisotopic (exact) mass is 446 g/mol. The largest absolute Gasteiger partial charge is 0.491 e. The summed E-state index contributed by atoms with van der Waals surface area (Å²) in [5.74, 6) is -3.49. The summed E-state index contributed by atoms with van der Waals surface area (Å²) in [5, 5.41) is -0.354. The lowest BCUT2D eigenvalue weighted by atomic mass is 10.1. The van der Waals surface area contributed by atoms with Crippen molar-refractivity contribution >= 4 is 16.8 Å². The van der Waals surface area contributed by atoms with Crippen LogP contribution in [-0.4, -0.2) is 48.9 Å². The third-order valence-electron chi connectivity index (χ3n) is 5.50. The minimum absolute atomic E-state index is 0.203. The van der Waals surface area contributed by atoms with Crippen molar-refractivity contribution in [2.24, 2.45) is 0 Å². The Balaban J connectivity index is 1.77. The van der Waals surface area contributed by atoms with Gasteiger partial charge in [0.25, 0.3) is 5.91 Å². The number of benzene rings is 2. The topological polar surface area (TPSA) is 60.8 Å². The number of alkyl halides is 1. The fourth-order valence-electron chi connectivity index (χ4n) is 3.95. The average molecular weight is 446 g/mol. The number of carbonyl (C=O) groups is 1. The molecule has 1 atom stereocenters. The Morgan fingerprint density at radius 2 is 2.00 bits per heavy atom. The number of fused-ring (bicyclic) bond motifs is 1. The maximum absolute atomic E-state index is 14.9. The van der Waals surface area contributed by atoms with Crippen molar-refractivity contribution < 1.29 is 27.4 Å². The summed E-state index contributed by atoms with van der Waals surface area (Å²) in [6, 6.07) is 10.2. The molecule has 0 aliphatic carbocycles. The number of rotatable bonds is 5. The number of carbonyl (C=O) groups excluding carboxylic acids is 1. The number of methoxy groups -OCH3 is 1. The van der Waals surface area contributed by atoms with Gasteiger partial charge in [-0.3, -0.25) is 9.59 Å². The molecule has 1 amide bonds. The Morgan fingerprint density at radius 1 is 1.25 bits per heavy atom. The van der Waals surface area contributed by atoms with E-state index in [0.29, 0.717) is 0 Å². The first-order valence-corrected chi connectivity index (χ1v) is 10.1. The minimum atomic E-state index is -1.12. The maximum Gasteiger partial charge on any atom is 0.259 e. The summed E-state index contributed by atoms with van der Waals surface area (Å²) in [6.07, 6.45) is 0.751. The fourth-order valence-corrected chi connectivity index (χ4v) is 3.95. The average Bonchev–Trinajstić information content (AvgIpc) is 2.81. The van der Waals surface area contributed by atoms with Crippen LogP contribution in [0.15, 0.2) is 47.4 Å². The highest BCUT2D eigenvalue weighted by atomic mass is 19.1. The summed E-state index contributed by atoms with van der Waals surface area (Å²) in [7, 11) is 1.09. The van der Waals surface area contributed by atoms with Crippen molar-refractivity contribution in [3.8, 4) is 5.75 Å². The molecule has 1 aromatic heterocycles. The van der Waals surface area contributed by atoms with E-state index in [1.165, 1.54) is 4.90 Å². The third kappa shape index (κ3) is 3.84. The predicted molar refractivity (Wildman–Crippen MR) is 112 cm³/mol. The molecular weight excluding hydrogens is 425 g/mol. The van der Waals surface area contributed by atoms with Crippen molar-refractivity contribution in [2.75, 3.05) is 33.5 Å². The molecule has 9 heteroatoms. The SMILES string of the molecule is COc1c(F)cc2c(=O)c(C(=O)N3CCO[C@H](c4ccccc4)C3)cn(CCF)c2c1F. The molecule has 0 radical (unpaired) electrons. The van der Waals surface area contributed by atoms with Crippen LogP contribution in [0.3, 0.4) is 0 Å². The number of ether oxygens (including phenoxy) is 2. The first kappa shape index (κ1) is 21.9. The molecule has 3 aromatic rings. The van der Waals surface area contributed by atoms with Crippen molar-refractivity contribution in [1.82, 2.24) is 9.47 Å². The number of morpholine rings is 1. The molecule has 1 fully saturated rings. The number of aryl methyl sites for hydroxylation is 1. The molecule has 1 aliphatic heterocycles. The van der Waals surface area contributed by atoms with Gasteiger partial charge in [-0.1, -0.05) is 30.3 Å². The maximum atomic E-state index is 14.9. The van der Waals surface area contributed by atoms with E-state index in [2.05, 4.69) is 0 Å². The molecule has 1 aliphatic rings. The second kappa shape index (κ2) is 9.04. The van der Waals surface area contributed by atoms with Crippen LogP contribution < -0.4 is 10.2 Å². The van der Waals surface area contributed by atoms with Crippen molar-refractivity contribution in [3.63, 3.8) is 0 Å². The van der Waals surface area contributed by atoms with Crippen molar-refractivity contribution in [1.29, 1.82) is 0 Å². The quantitative estimate of drug-likeness (QED) is 0.602. The van der Waals surface area contributed by atoms with E-state index in [9.17, 15) is 22.8 Å². The molecule has 168 valence electrons. The van der Waals surface area contributed by atoms with Gasteiger partial charge in [-0.2, -0.15) is 0 Å². The number of pyridine rings is 1. The summed E-state index contributed by atoms with van der Waals surface area (Å²) >= 11 is 0. The normalized spacial score (nSPS) is 16.4. The number of halogens is 3. The molecule has 32 heavy (non-hydrogen) atoms. The van der Waals surface area contributed by atoms with E-state index < -0.39 is 35.4 Å². The molecule has 1 saturated heterocycles. The Bertz CT molecular complexity index is 1210. The molecule has 0 N–H and O–H groups in total. The van der Waals surface area contributed by atoms with Gasteiger partial charge in [-0.25, -0.2) is 13.2 Å². The Labute approximate surface area is 181 Å². The van der Waals surface area contributed by atoms with Crippen LogP contribution in [0.25, 0.3) is 10.9 Å². The van der Waals surface area contributed by atoms with Crippen LogP contribution >= 0.6 is 0 Å². The van der Waals surface area contributed by atoms with Gasteiger partial charge in [0.15, 0.2) is 17.4 Å². The Morgan fingerprint density at radius 3 is 2.69 bits per heavy atom. The van der Waals surface area contributed by atoms with Crippen LogP contribution in [0.1, 0.15) is 22.0 Å². The van der Waals surface area contributed by atoms with Crippen LogP contribution in [0.4, 0.5) is 13.2 Å². The van der Waals surface area contributed by atoms with Crippen LogP contribution in [0.5, 0.6) is 5.75 Å². The molecule has 6 nitrogen and oxygen atoms in total. The summed E-state index contributed by atoms with van der Waals surface area (Å²) in [5.41, 5.74) is -0.548. The highest BCUT2D eigenvalue weighted by Crippen LogP contribution is 2.29. The van der Waals surface area contributed by atoms with Gasteiger partial charge in [-0.15, -0.1) is 0 Å². The molecule has 4 rings (SSSR count). The van der Waals surface area contributed by atoms with Crippen LogP contribution in [0, 0.1) is 11.6 Å². The number of hydrogen-bond acceptors (Lipinski definition) is 4. The van der Waals surface area contributed by atoms with E-state index in [1.54, 1.807) is 0 Å². The lowest BCUT2D eigenvalue weighted by Crippen LogP contribution is -2.44. The second-order valence-electron chi connectivity index (χ2n) is 7.38. The molecule has 2 heterocycles. The van der Waals surface area contributed by atoms with E-state index in [1.807, 2.05) is 30.3 Å². The van der Waals surface area contributed by atoms with Gasteiger partial charge in [-0.05, 0) is 11.6 Å². The van der Waals surface area contributed by atoms with E-state index >= 15 is 0 Å².